The maximum absolute atomic E-state index is 12.5. The third-order valence-electron chi connectivity index (χ3n) is 16.0. The monoisotopic (exact) mass is 1580 g/mol. The van der Waals surface area contributed by atoms with E-state index in [1.807, 2.05) is 121 Å². The summed E-state index contributed by atoms with van der Waals surface area (Å²) in [6.45, 7) is 1.85. The fraction of sp³-hybridized carbons (Fsp3) is 0.0125. The molecule has 8 aromatic carbocycles. The number of aryl methyl sites for hydroxylation is 1. The molecule has 20 nitrogen and oxygen atoms in total. The number of aromatic amines is 1. The summed E-state index contributed by atoms with van der Waals surface area (Å²) in [4.78, 5) is 108. The van der Waals surface area contributed by atoms with Crippen molar-refractivity contribution in [2.45, 2.75) is 6.92 Å². The van der Waals surface area contributed by atoms with Crippen molar-refractivity contribution in [2.75, 3.05) is 21.3 Å². The number of H-pyrrole nitrogens is 1. The predicted octanol–water partition coefficient (Wildman–Crippen LogP) is 20.6. The van der Waals surface area contributed by atoms with Crippen molar-refractivity contribution in [2.24, 2.45) is 0 Å². The fourth-order valence-electron chi connectivity index (χ4n) is 10.6. The molecule has 5 N–H and O–H groups in total. The van der Waals surface area contributed by atoms with Crippen LogP contribution in [0, 0.1) is 6.92 Å². The average molecular weight is 1580 g/mol. The Bertz CT molecular complexity index is 6200. The van der Waals surface area contributed by atoms with Gasteiger partial charge in [0.05, 0.1) is 134 Å². The van der Waals surface area contributed by atoms with Crippen molar-refractivity contribution in [3.63, 3.8) is 0 Å². The number of para-hydroxylation sites is 8. The molecule has 108 heavy (non-hydrogen) atoms. The Morgan fingerprint density at radius 3 is 1.07 bits per heavy atom. The van der Waals surface area contributed by atoms with Gasteiger partial charge < -0.3 is 26.3 Å². The van der Waals surface area contributed by atoms with Crippen molar-refractivity contribution >= 4 is 183 Å². The zero-order valence-electron chi connectivity index (χ0n) is 55.8. The van der Waals surface area contributed by atoms with Gasteiger partial charge in [-0.05, 0) is 163 Å². The quantitative estimate of drug-likeness (QED) is 0.0711. The van der Waals surface area contributed by atoms with Crippen molar-refractivity contribution in [1.29, 1.82) is 0 Å². The Kier molecular flexibility index (Phi) is 23.4. The summed E-state index contributed by atoms with van der Waals surface area (Å²) in [6, 6.07) is 59.3. The highest BCUT2D eigenvalue weighted by molar-refractivity contribution is 7.08. The van der Waals surface area contributed by atoms with Crippen LogP contribution < -0.4 is 26.8 Å². The Morgan fingerprint density at radius 2 is 0.713 bits per heavy atom. The molecular formula is C80H50Cl7N15O5S. The summed E-state index contributed by atoms with van der Waals surface area (Å²) >= 11 is 44.4. The number of carbonyl (C=O) groups is 4. The van der Waals surface area contributed by atoms with E-state index in [-0.39, 0.29) is 44.0 Å². The highest BCUT2D eigenvalue weighted by Crippen LogP contribution is 2.35. The molecule has 0 aliphatic rings. The van der Waals surface area contributed by atoms with E-state index >= 15 is 0 Å². The molecule has 0 fully saturated rings. The van der Waals surface area contributed by atoms with E-state index in [1.165, 1.54) is 35.9 Å². The first kappa shape index (κ1) is 74.3. The number of amides is 4. The lowest BCUT2D eigenvalue weighted by atomic mass is 10.1. The first-order valence-electron chi connectivity index (χ1n) is 32.3. The number of benzene rings is 8. The van der Waals surface area contributed by atoms with E-state index in [1.54, 1.807) is 115 Å². The van der Waals surface area contributed by atoms with Gasteiger partial charge in [0.1, 0.15) is 15.9 Å². The third kappa shape index (κ3) is 18.1. The molecule has 28 heteroatoms. The number of anilines is 4. The molecule has 0 atom stereocenters. The van der Waals surface area contributed by atoms with Crippen LogP contribution in [0.15, 0.2) is 259 Å². The normalized spacial score (nSPS) is 10.8. The Hall–Kier alpha value is -12.0. The third-order valence-corrected chi connectivity index (χ3v) is 18.9. The second-order valence-corrected chi connectivity index (χ2v) is 26.9. The molecule has 16 rings (SSSR count). The van der Waals surface area contributed by atoms with Gasteiger partial charge in [-0.3, -0.25) is 48.9 Å². The summed E-state index contributed by atoms with van der Waals surface area (Å²) in [5, 5.41) is 17.3. The predicted molar refractivity (Wildman–Crippen MR) is 431 cm³/mol. The number of fused-ring (bicyclic) bond motifs is 4. The summed E-state index contributed by atoms with van der Waals surface area (Å²) < 4.78 is 0. The van der Waals surface area contributed by atoms with E-state index in [4.69, 9.17) is 81.2 Å². The number of aromatic nitrogens is 11. The molecular weight excluding hydrogens is 1530 g/mol. The Balaban J connectivity index is 0.000000127. The van der Waals surface area contributed by atoms with E-state index in [0.717, 1.165) is 55.3 Å². The van der Waals surface area contributed by atoms with Crippen LogP contribution >= 0.6 is 92.5 Å². The van der Waals surface area contributed by atoms with Gasteiger partial charge in [-0.1, -0.05) is 136 Å². The number of carbonyl (C=O) groups excluding carboxylic acids is 4. The van der Waals surface area contributed by atoms with Gasteiger partial charge in [0, 0.05) is 69.0 Å². The molecule has 4 amide bonds. The number of nitrogens with zero attached hydrogens (tertiary/aromatic N) is 10. The van der Waals surface area contributed by atoms with Crippen LogP contribution in [0.5, 0.6) is 0 Å². The minimum absolute atomic E-state index is 0.0594. The molecule has 0 unspecified atom stereocenters. The smallest absolute Gasteiger partial charge is 0.274 e. The molecule has 530 valence electrons. The van der Waals surface area contributed by atoms with Gasteiger partial charge in [-0.15, -0.1) is 0 Å². The van der Waals surface area contributed by atoms with Crippen LogP contribution in [0.25, 0.3) is 89.2 Å². The van der Waals surface area contributed by atoms with E-state index < -0.39 is 11.5 Å². The first-order chi connectivity index (χ1) is 52.3. The zero-order valence-corrected chi connectivity index (χ0v) is 61.9. The topological polar surface area (TPSA) is 278 Å². The summed E-state index contributed by atoms with van der Waals surface area (Å²) in [5.41, 5.74) is 15.7. The summed E-state index contributed by atoms with van der Waals surface area (Å²) in [5.74, 6) is -1.22. The molecule has 0 bridgehead atoms. The minimum atomic E-state index is -0.457. The maximum atomic E-state index is 12.5. The van der Waals surface area contributed by atoms with Crippen LogP contribution in [0.2, 0.25) is 35.3 Å². The van der Waals surface area contributed by atoms with Crippen molar-refractivity contribution in [3.8, 4) is 45.0 Å². The maximum Gasteiger partial charge on any atom is 0.274 e. The lowest BCUT2D eigenvalue weighted by molar-refractivity contribution is 0.101. The van der Waals surface area contributed by atoms with Gasteiger partial charge in [0.15, 0.2) is 0 Å². The standard InChI is InChI=1S/C21H15ClN4O.C20H11Cl3N4O.C20H12Cl2N4O2.C19H12ClN3OS/c1-13-5-4-10-23-20(13)21(27)25-14-8-9-16(22)15(11-14)19-12-24-17-6-2-3-7-18(17)26-19;21-14-6-5-12(26-20(28)11-7-15(22)19(23)25-9-11)8-13(14)18-10-24-16-3-1-2-4-17(16)27-18;21-14-6-5-12(25-19(27)11-7-15(22)20(28)24-9-11)8-13(14)18-10-23-16-3-1-2-4-17(16)26-18;20-15-6-5-13(22-19(24)12-7-8-25-11-12)9-14(15)18-10-21-16-3-1-2-4-17(16)23-18/h2-12H,1H3,(H,25,27);1-10H,(H,26,28);1-10H,(H,24,28)(H,25,27);1-11H,(H,22,24). The van der Waals surface area contributed by atoms with Gasteiger partial charge in [-0.25, -0.2) is 24.9 Å². The first-order valence-corrected chi connectivity index (χ1v) is 35.9. The number of halogens is 7. The van der Waals surface area contributed by atoms with Crippen molar-refractivity contribution in [1.82, 2.24) is 54.8 Å². The molecule has 0 radical (unpaired) electrons. The van der Waals surface area contributed by atoms with Gasteiger partial charge in [0.2, 0.25) is 0 Å². The molecule has 0 saturated heterocycles. The Morgan fingerprint density at radius 1 is 0.352 bits per heavy atom. The molecule has 0 aliphatic carbocycles. The second kappa shape index (κ2) is 34.0. The summed E-state index contributed by atoms with van der Waals surface area (Å²) in [7, 11) is 0. The van der Waals surface area contributed by atoms with Crippen LogP contribution in [0.3, 0.4) is 0 Å². The van der Waals surface area contributed by atoms with Crippen LogP contribution in [0.4, 0.5) is 22.7 Å². The van der Waals surface area contributed by atoms with Gasteiger partial charge in [-0.2, -0.15) is 11.3 Å². The molecule has 16 aromatic rings. The Labute approximate surface area is 653 Å². The molecule has 0 aliphatic heterocycles. The number of hydrogen-bond donors (Lipinski definition) is 5. The number of nitrogens with one attached hydrogen (secondary N) is 5. The number of rotatable bonds is 12. The van der Waals surface area contributed by atoms with E-state index in [0.29, 0.717) is 93.6 Å². The molecule has 0 spiro atoms. The second-order valence-electron chi connectivity index (χ2n) is 23.3. The summed E-state index contributed by atoms with van der Waals surface area (Å²) in [6.07, 6.45) is 10.9. The molecule has 8 heterocycles. The minimum Gasteiger partial charge on any atom is -0.327 e. The van der Waals surface area contributed by atoms with E-state index in [2.05, 4.69) is 76.1 Å². The highest BCUT2D eigenvalue weighted by Gasteiger charge is 2.19. The van der Waals surface area contributed by atoms with Crippen LogP contribution in [-0.4, -0.2) is 78.5 Å². The number of thiophene rings is 1. The lowest BCUT2D eigenvalue weighted by Gasteiger charge is -2.10. The fourth-order valence-corrected chi connectivity index (χ4v) is 12.5. The number of pyridine rings is 3. The lowest BCUT2D eigenvalue weighted by Crippen LogP contribution is -2.15. The molecule has 0 saturated carbocycles. The van der Waals surface area contributed by atoms with Crippen molar-refractivity contribution in [3.05, 3.63) is 328 Å². The van der Waals surface area contributed by atoms with Gasteiger partial charge >= 0.3 is 0 Å². The highest BCUT2D eigenvalue weighted by atomic mass is 35.5. The van der Waals surface area contributed by atoms with E-state index in [9.17, 15) is 24.0 Å². The SMILES string of the molecule is Cc1cccnc1C(=O)Nc1ccc(Cl)c(-c2cnc3ccccc3n2)c1.O=C(Nc1ccc(Cl)c(-c2cnc3ccccc3n2)c1)c1c[nH]c(=O)c(Cl)c1.O=C(Nc1ccc(Cl)c(-c2cnc3ccccc3n2)c1)c1ccsc1.O=C(Nc1ccc(Cl)c(-c2cnc3ccccc3n2)c1)c1cnc(Cl)c(Cl)c1. The van der Waals surface area contributed by atoms with Crippen LogP contribution in [0.1, 0.15) is 47.1 Å². The molecule has 8 aromatic heterocycles. The largest absolute Gasteiger partial charge is 0.327 e. The average Bonchev–Trinajstić information content (AvgIpc) is 0.932. The zero-order chi connectivity index (χ0) is 75.4. The number of hydrogen-bond acceptors (Lipinski definition) is 16. The van der Waals surface area contributed by atoms with Crippen LogP contribution in [-0.2, 0) is 0 Å². The van der Waals surface area contributed by atoms with Gasteiger partial charge in [0.25, 0.3) is 29.2 Å². The van der Waals surface area contributed by atoms with Crippen molar-refractivity contribution < 1.29 is 19.2 Å².